The molecule has 130 valence electrons. The number of carbonyl (C=O) groups is 1. The fourth-order valence-corrected chi connectivity index (χ4v) is 2.88. The van der Waals surface area contributed by atoms with E-state index in [1.807, 2.05) is 58.0 Å². The predicted molar refractivity (Wildman–Crippen MR) is 93.2 cm³/mol. The lowest BCUT2D eigenvalue weighted by Crippen LogP contribution is -2.48. The van der Waals surface area contributed by atoms with Crippen LogP contribution in [0.2, 0.25) is 0 Å². The molecule has 1 aliphatic rings. The summed E-state index contributed by atoms with van der Waals surface area (Å²) in [5.74, 6) is 0.0822. The van der Waals surface area contributed by atoms with E-state index < -0.39 is 11.1 Å². The number of hydrogen-bond acceptors (Lipinski definition) is 4. The molecule has 5 nitrogen and oxygen atoms in total. The molecular formula is C19H27N3O2. The fourth-order valence-electron chi connectivity index (χ4n) is 2.88. The number of likely N-dealkylation sites (tertiary alicyclic amines) is 1. The molecule has 1 amide bonds. The minimum Gasteiger partial charge on any atom is -0.444 e. The number of hydrogen-bond donors (Lipinski definition) is 1. The van der Waals surface area contributed by atoms with Gasteiger partial charge in [-0.15, -0.1) is 0 Å². The summed E-state index contributed by atoms with van der Waals surface area (Å²) in [6.07, 6.45) is 0.499. The highest BCUT2D eigenvalue weighted by Gasteiger charge is 2.41. The van der Waals surface area contributed by atoms with E-state index >= 15 is 0 Å². The number of amides is 1. The molecule has 1 saturated heterocycles. The molecule has 2 rings (SSSR count). The normalized spacial score (nSPS) is 20.3. The van der Waals surface area contributed by atoms with E-state index in [2.05, 4.69) is 11.4 Å². The Morgan fingerprint density at radius 1 is 1.33 bits per heavy atom. The Morgan fingerprint density at radius 2 is 2.00 bits per heavy atom. The molecule has 2 unspecified atom stereocenters. The van der Waals surface area contributed by atoms with Crippen molar-refractivity contribution in [2.45, 2.75) is 51.8 Å². The Morgan fingerprint density at radius 3 is 2.58 bits per heavy atom. The third-order valence-electron chi connectivity index (χ3n) is 4.39. The first-order chi connectivity index (χ1) is 11.2. The molecule has 1 N–H and O–H groups in total. The van der Waals surface area contributed by atoms with Crippen molar-refractivity contribution < 1.29 is 9.53 Å². The Bertz CT molecular complexity index is 603. The molecule has 1 fully saturated rings. The first-order valence-corrected chi connectivity index (χ1v) is 8.42. The number of benzene rings is 1. The molecule has 2 atom stereocenters. The van der Waals surface area contributed by atoms with Crippen LogP contribution in [0.3, 0.4) is 0 Å². The SMILES string of the molecule is CC(C)(C)OC(=O)N1CCC(C(C)(C#N)NCc2ccccc2)C1. The number of ether oxygens (including phenoxy) is 1. The van der Waals surface area contributed by atoms with E-state index in [0.29, 0.717) is 19.6 Å². The Labute approximate surface area is 144 Å². The Kier molecular flexibility index (Phi) is 5.51. The van der Waals surface area contributed by atoms with E-state index in [1.54, 1.807) is 4.90 Å². The van der Waals surface area contributed by atoms with Gasteiger partial charge in [-0.05, 0) is 39.7 Å². The van der Waals surface area contributed by atoms with Crippen LogP contribution in [-0.4, -0.2) is 35.2 Å². The van der Waals surface area contributed by atoms with Crippen LogP contribution in [0.25, 0.3) is 0 Å². The summed E-state index contributed by atoms with van der Waals surface area (Å²) in [4.78, 5) is 13.9. The van der Waals surface area contributed by atoms with Gasteiger partial charge >= 0.3 is 6.09 Å². The zero-order valence-corrected chi connectivity index (χ0v) is 15.0. The summed E-state index contributed by atoms with van der Waals surface area (Å²) in [5, 5.41) is 13.1. The molecule has 0 aliphatic carbocycles. The second-order valence-electron chi connectivity index (χ2n) is 7.57. The van der Waals surface area contributed by atoms with Crippen molar-refractivity contribution in [1.29, 1.82) is 5.26 Å². The van der Waals surface area contributed by atoms with Gasteiger partial charge in [-0.25, -0.2) is 4.79 Å². The van der Waals surface area contributed by atoms with Gasteiger partial charge in [-0.2, -0.15) is 5.26 Å². The molecule has 0 aromatic heterocycles. The molecule has 0 saturated carbocycles. The second-order valence-corrected chi connectivity index (χ2v) is 7.57. The van der Waals surface area contributed by atoms with Crippen LogP contribution in [0.1, 0.15) is 39.7 Å². The number of nitriles is 1. The second kappa shape index (κ2) is 7.23. The van der Waals surface area contributed by atoms with Gasteiger partial charge in [-0.1, -0.05) is 30.3 Å². The van der Waals surface area contributed by atoms with Crippen LogP contribution in [0.15, 0.2) is 30.3 Å². The molecule has 1 aromatic rings. The van der Waals surface area contributed by atoms with E-state index in [9.17, 15) is 10.1 Å². The number of rotatable bonds is 4. The molecule has 0 bridgehead atoms. The lowest BCUT2D eigenvalue weighted by molar-refractivity contribution is 0.0283. The van der Waals surface area contributed by atoms with Gasteiger partial charge in [0.05, 0.1) is 6.07 Å². The third-order valence-corrected chi connectivity index (χ3v) is 4.39. The maximum absolute atomic E-state index is 12.2. The first-order valence-electron chi connectivity index (χ1n) is 8.42. The minimum atomic E-state index is -0.674. The molecule has 5 heteroatoms. The van der Waals surface area contributed by atoms with Gasteiger partial charge < -0.3 is 9.64 Å². The molecule has 1 aromatic carbocycles. The third kappa shape index (κ3) is 4.72. The topological polar surface area (TPSA) is 65.4 Å². The van der Waals surface area contributed by atoms with Gasteiger partial charge in [0, 0.05) is 25.6 Å². The first kappa shape index (κ1) is 18.3. The standard InChI is InChI=1S/C19H27N3O2/c1-18(2,3)24-17(23)22-11-10-16(13-22)19(4,14-20)21-12-15-8-6-5-7-9-15/h5-9,16,21H,10-13H2,1-4H3. The molecular weight excluding hydrogens is 302 g/mol. The molecule has 0 radical (unpaired) electrons. The highest BCUT2D eigenvalue weighted by molar-refractivity contribution is 5.68. The summed E-state index contributed by atoms with van der Waals surface area (Å²) in [5.41, 5.74) is -0.0349. The quantitative estimate of drug-likeness (QED) is 0.920. The highest BCUT2D eigenvalue weighted by atomic mass is 16.6. The van der Waals surface area contributed by atoms with E-state index in [-0.39, 0.29) is 12.0 Å². The van der Waals surface area contributed by atoms with Gasteiger partial charge in [0.2, 0.25) is 0 Å². The maximum Gasteiger partial charge on any atom is 0.410 e. The number of carbonyl (C=O) groups excluding carboxylic acids is 1. The Balaban J connectivity index is 1.96. The average molecular weight is 329 g/mol. The van der Waals surface area contributed by atoms with Crippen LogP contribution >= 0.6 is 0 Å². The fraction of sp³-hybridized carbons (Fsp3) is 0.579. The van der Waals surface area contributed by atoms with E-state index in [1.165, 1.54) is 0 Å². The van der Waals surface area contributed by atoms with Crippen molar-refractivity contribution >= 4 is 6.09 Å². The van der Waals surface area contributed by atoms with E-state index in [4.69, 9.17) is 4.74 Å². The molecule has 0 spiro atoms. The minimum absolute atomic E-state index is 0.0822. The molecule has 24 heavy (non-hydrogen) atoms. The van der Waals surface area contributed by atoms with Gasteiger partial charge in [0.25, 0.3) is 0 Å². The summed E-state index contributed by atoms with van der Waals surface area (Å²) in [6, 6.07) is 12.4. The van der Waals surface area contributed by atoms with Gasteiger partial charge in [-0.3, -0.25) is 5.32 Å². The van der Waals surface area contributed by atoms with Gasteiger partial charge in [0.1, 0.15) is 11.1 Å². The predicted octanol–water partition coefficient (Wildman–Crippen LogP) is 3.32. The zero-order chi connectivity index (χ0) is 17.8. The smallest absolute Gasteiger partial charge is 0.410 e. The van der Waals surface area contributed by atoms with Gasteiger partial charge in [0.15, 0.2) is 0 Å². The maximum atomic E-state index is 12.2. The van der Waals surface area contributed by atoms with Crippen molar-refractivity contribution in [3.8, 4) is 6.07 Å². The monoisotopic (exact) mass is 329 g/mol. The van der Waals surface area contributed by atoms with Crippen LogP contribution in [0.4, 0.5) is 4.79 Å². The van der Waals surface area contributed by atoms with Crippen LogP contribution in [0, 0.1) is 17.2 Å². The van der Waals surface area contributed by atoms with Crippen molar-refractivity contribution in [2.75, 3.05) is 13.1 Å². The number of nitrogens with zero attached hydrogens (tertiary/aromatic N) is 2. The lowest BCUT2D eigenvalue weighted by atomic mass is 9.86. The largest absolute Gasteiger partial charge is 0.444 e. The zero-order valence-electron chi connectivity index (χ0n) is 15.0. The molecule has 1 heterocycles. The number of nitrogens with one attached hydrogen (secondary N) is 1. The summed E-state index contributed by atoms with van der Waals surface area (Å²) in [7, 11) is 0. The molecule has 1 aliphatic heterocycles. The van der Waals surface area contributed by atoms with Crippen LogP contribution < -0.4 is 5.32 Å². The lowest BCUT2D eigenvalue weighted by Gasteiger charge is -2.30. The average Bonchev–Trinajstić information content (AvgIpc) is 3.03. The van der Waals surface area contributed by atoms with Crippen LogP contribution in [-0.2, 0) is 11.3 Å². The van der Waals surface area contributed by atoms with Crippen LogP contribution in [0.5, 0.6) is 0 Å². The highest BCUT2D eigenvalue weighted by Crippen LogP contribution is 2.28. The van der Waals surface area contributed by atoms with Crippen molar-refractivity contribution in [3.63, 3.8) is 0 Å². The van der Waals surface area contributed by atoms with Crippen molar-refractivity contribution in [1.82, 2.24) is 10.2 Å². The Hall–Kier alpha value is -2.06. The van der Waals surface area contributed by atoms with Crippen molar-refractivity contribution in [3.05, 3.63) is 35.9 Å². The summed E-state index contributed by atoms with van der Waals surface area (Å²) < 4.78 is 5.43. The van der Waals surface area contributed by atoms with E-state index in [0.717, 1.165) is 12.0 Å². The van der Waals surface area contributed by atoms with Crippen molar-refractivity contribution in [2.24, 2.45) is 5.92 Å². The summed E-state index contributed by atoms with van der Waals surface area (Å²) >= 11 is 0. The summed E-state index contributed by atoms with van der Waals surface area (Å²) in [6.45, 7) is 9.30.